The monoisotopic (exact) mass is 469 g/mol. The van der Waals surface area contributed by atoms with Gasteiger partial charge in [0.25, 0.3) is 0 Å². The standard InChI is InChI=1S/C31H39N3O/c1-5-33(6-2)23(3)25-9-11-26(12-10-25)29-22-31(15-17-32-18-16-31)35-30-21-27(13-14-28(29)30)24(4)34-19-7-8-20-34/h9-14,21-22,32H,3-8,15-20H2,1-2H3. The van der Waals surface area contributed by atoms with Crippen LogP contribution in [0.25, 0.3) is 17.0 Å². The van der Waals surface area contributed by atoms with Crippen LogP contribution in [0.15, 0.2) is 61.7 Å². The van der Waals surface area contributed by atoms with Crippen molar-refractivity contribution in [2.45, 2.75) is 45.1 Å². The fourth-order valence-electron chi connectivity index (χ4n) is 5.73. The van der Waals surface area contributed by atoms with Gasteiger partial charge in [-0.2, -0.15) is 0 Å². The molecule has 2 fully saturated rings. The zero-order valence-electron chi connectivity index (χ0n) is 21.4. The van der Waals surface area contributed by atoms with Crippen LogP contribution >= 0.6 is 0 Å². The molecule has 3 heterocycles. The molecular weight excluding hydrogens is 430 g/mol. The Balaban J connectivity index is 1.51. The lowest BCUT2D eigenvalue weighted by atomic mass is 9.83. The van der Waals surface area contributed by atoms with Crippen molar-refractivity contribution in [1.82, 2.24) is 15.1 Å². The number of hydrogen-bond donors (Lipinski definition) is 1. The van der Waals surface area contributed by atoms with E-state index in [9.17, 15) is 0 Å². The molecule has 0 bridgehead atoms. The minimum absolute atomic E-state index is 0.259. The predicted octanol–water partition coefficient (Wildman–Crippen LogP) is 6.01. The van der Waals surface area contributed by atoms with Crippen LogP contribution in [-0.2, 0) is 0 Å². The van der Waals surface area contributed by atoms with Crippen molar-refractivity contribution in [2.24, 2.45) is 0 Å². The first kappa shape index (κ1) is 23.7. The fraction of sp³-hybridized carbons (Fsp3) is 0.419. The maximum absolute atomic E-state index is 6.79. The minimum atomic E-state index is -0.259. The van der Waals surface area contributed by atoms with Crippen molar-refractivity contribution in [1.29, 1.82) is 0 Å². The summed E-state index contributed by atoms with van der Waals surface area (Å²) in [5, 5.41) is 3.50. The summed E-state index contributed by atoms with van der Waals surface area (Å²) in [6, 6.07) is 15.6. The molecule has 2 aromatic carbocycles. The summed E-state index contributed by atoms with van der Waals surface area (Å²) in [6.45, 7) is 19.2. The van der Waals surface area contributed by atoms with Gasteiger partial charge in [-0.25, -0.2) is 0 Å². The first-order valence-corrected chi connectivity index (χ1v) is 13.3. The average molecular weight is 470 g/mol. The number of fused-ring (bicyclic) bond motifs is 1. The van der Waals surface area contributed by atoms with Crippen LogP contribution in [0.2, 0.25) is 0 Å². The predicted molar refractivity (Wildman–Crippen MR) is 147 cm³/mol. The first-order chi connectivity index (χ1) is 17.0. The zero-order valence-corrected chi connectivity index (χ0v) is 21.4. The van der Waals surface area contributed by atoms with Gasteiger partial charge in [0.05, 0.1) is 0 Å². The third-order valence-electron chi connectivity index (χ3n) is 7.94. The maximum atomic E-state index is 6.79. The second kappa shape index (κ2) is 9.94. The van der Waals surface area contributed by atoms with Gasteiger partial charge in [-0.15, -0.1) is 0 Å². The number of ether oxygens (including phenoxy) is 1. The molecule has 1 spiro atoms. The van der Waals surface area contributed by atoms with Crippen molar-refractivity contribution in [3.05, 3.63) is 84.0 Å². The smallest absolute Gasteiger partial charge is 0.130 e. The van der Waals surface area contributed by atoms with E-state index in [1.54, 1.807) is 0 Å². The highest BCUT2D eigenvalue weighted by Gasteiger charge is 2.37. The zero-order chi connectivity index (χ0) is 24.4. The molecule has 4 nitrogen and oxygen atoms in total. The number of hydrogen-bond acceptors (Lipinski definition) is 4. The van der Waals surface area contributed by atoms with Crippen molar-refractivity contribution < 1.29 is 4.74 Å². The third-order valence-corrected chi connectivity index (χ3v) is 7.94. The molecule has 0 atom stereocenters. The van der Waals surface area contributed by atoms with Crippen molar-refractivity contribution in [3.63, 3.8) is 0 Å². The van der Waals surface area contributed by atoms with Crippen LogP contribution in [0.4, 0.5) is 0 Å². The van der Waals surface area contributed by atoms with Crippen molar-refractivity contribution >= 4 is 17.0 Å². The summed E-state index contributed by atoms with van der Waals surface area (Å²) in [6.07, 6.45) is 6.84. The second-order valence-electron chi connectivity index (χ2n) is 10.0. The Morgan fingerprint density at radius 1 is 0.971 bits per heavy atom. The van der Waals surface area contributed by atoms with Crippen LogP contribution in [0.1, 0.15) is 61.8 Å². The quantitative estimate of drug-likeness (QED) is 0.537. The van der Waals surface area contributed by atoms with E-state index in [1.807, 2.05) is 0 Å². The fourth-order valence-corrected chi connectivity index (χ4v) is 5.73. The number of likely N-dealkylation sites (tertiary alicyclic amines) is 1. The summed E-state index contributed by atoms with van der Waals surface area (Å²) < 4.78 is 6.79. The largest absolute Gasteiger partial charge is 0.482 e. The lowest BCUT2D eigenvalue weighted by molar-refractivity contribution is 0.0816. The molecule has 0 aliphatic carbocycles. The number of piperidine rings is 1. The Bertz CT molecular complexity index is 1110. The molecule has 2 aromatic rings. The highest BCUT2D eigenvalue weighted by molar-refractivity contribution is 5.86. The third kappa shape index (κ3) is 4.64. The average Bonchev–Trinajstić information content (AvgIpc) is 3.44. The van der Waals surface area contributed by atoms with Crippen LogP contribution in [0.3, 0.4) is 0 Å². The van der Waals surface area contributed by atoms with Crippen LogP contribution in [0.5, 0.6) is 5.75 Å². The first-order valence-electron chi connectivity index (χ1n) is 13.3. The van der Waals surface area contributed by atoms with Gasteiger partial charge in [-0.3, -0.25) is 0 Å². The summed E-state index contributed by atoms with van der Waals surface area (Å²) in [4.78, 5) is 4.71. The van der Waals surface area contributed by atoms with Gasteiger partial charge in [0.1, 0.15) is 11.4 Å². The van der Waals surface area contributed by atoms with Crippen LogP contribution in [-0.4, -0.2) is 54.7 Å². The van der Waals surface area contributed by atoms with Gasteiger partial charge in [0.15, 0.2) is 0 Å². The molecule has 0 saturated carbocycles. The van der Waals surface area contributed by atoms with Gasteiger partial charge in [0, 0.05) is 61.5 Å². The lowest BCUT2D eigenvalue weighted by Crippen LogP contribution is -2.46. The second-order valence-corrected chi connectivity index (χ2v) is 10.0. The highest BCUT2D eigenvalue weighted by atomic mass is 16.5. The van der Waals surface area contributed by atoms with E-state index in [4.69, 9.17) is 4.74 Å². The van der Waals surface area contributed by atoms with Gasteiger partial charge in [-0.1, -0.05) is 43.5 Å². The molecule has 0 unspecified atom stereocenters. The Hall–Kier alpha value is -2.98. The number of nitrogens with one attached hydrogen (secondary N) is 1. The van der Waals surface area contributed by atoms with Crippen LogP contribution < -0.4 is 10.1 Å². The molecule has 3 aliphatic rings. The van der Waals surface area contributed by atoms with E-state index < -0.39 is 0 Å². The molecule has 2 saturated heterocycles. The van der Waals surface area contributed by atoms with E-state index in [0.717, 1.165) is 69.3 Å². The van der Waals surface area contributed by atoms with E-state index >= 15 is 0 Å². The molecule has 35 heavy (non-hydrogen) atoms. The van der Waals surface area contributed by atoms with E-state index in [2.05, 4.69) is 90.7 Å². The number of nitrogens with zero attached hydrogens (tertiary/aromatic N) is 2. The summed E-state index contributed by atoms with van der Waals surface area (Å²) in [5.41, 5.74) is 7.96. The van der Waals surface area contributed by atoms with E-state index in [1.165, 1.54) is 40.7 Å². The molecule has 184 valence electrons. The van der Waals surface area contributed by atoms with Crippen molar-refractivity contribution in [3.8, 4) is 5.75 Å². The molecule has 5 rings (SSSR count). The minimum Gasteiger partial charge on any atom is -0.482 e. The lowest BCUT2D eigenvalue weighted by Gasteiger charge is -2.40. The Morgan fingerprint density at radius 3 is 2.29 bits per heavy atom. The van der Waals surface area contributed by atoms with Crippen LogP contribution in [0, 0.1) is 0 Å². The molecule has 0 radical (unpaired) electrons. The topological polar surface area (TPSA) is 27.7 Å². The van der Waals surface area contributed by atoms with E-state index in [-0.39, 0.29) is 5.60 Å². The molecule has 4 heteroatoms. The van der Waals surface area contributed by atoms with Gasteiger partial charge in [-0.05, 0) is 74.7 Å². The van der Waals surface area contributed by atoms with E-state index in [0.29, 0.717) is 0 Å². The molecule has 1 N–H and O–H groups in total. The maximum Gasteiger partial charge on any atom is 0.130 e. The molecule has 3 aliphatic heterocycles. The summed E-state index contributed by atoms with van der Waals surface area (Å²) in [5.74, 6) is 0.985. The molecule has 0 aromatic heterocycles. The Morgan fingerprint density at radius 2 is 1.63 bits per heavy atom. The van der Waals surface area contributed by atoms with Crippen molar-refractivity contribution in [2.75, 3.05) is 39.3 Å². The highest BCUT2D eigenvalue weighted by Crippen LogP contribution is 2.44. The molecular formula is C31H39N3O. The van der Waals surface area contributed by atoms with Gasteiger partial charge >= 0.3 is 0 Å². The Kier molecular flexibility index (Phi) is 6.75. The van der Waals surface area contributed by atoms with Gasteiger partial charge in [0.2, 0.25) is 0 Å². The summed E-state index contributed by atoms with van der Waals surface area (Å²) >= 11 is 0. The normalized spacial score (nSPS) is 18.6. The SMILES string of the molecule is C=C(c1ccc(C2=CC3(CCNCC3)Oc3cc(C(=C)N4CCCC4)ccc32)cc1)N(CC)CC. The number of rotatable bonds is 7. The van der Waals surface area contributed by atoms with Gasteiger partial charge < -0.3 is 19.9 Å². The Labute approximate surface area is 211 Å². The number of benzene rings is 2. The summed E-state index contributed by atoms with van der Waals surface area (Å²) in [7, 11) is 0. The molecule has 0 amide bonds.